The van der Waals surface area contributed by atoms with E-state index in [1.54, 1.807) is 37.5 Å². The summed E-state index contributed by atoms with van der Waals surface area (Å²) in [6, 6.07) is 20.6. The summed E-state index contributed by atoms with van der Waals surface area (Å²) in [7, 11) is 1.66. The molecule has 0 saturated carbocycles. The molecule has 1 amide bonds. The Morgan fingerprint density at radius 2 is 1.75 bits per heavy atom. The number of hydrogen-bond acceptors (Lipinski definition) is 4. The van der Waals surface area contributed by atoms with E-state index in [1.807, 2.05) is 30.3 Å². The van der Waals surface area contributed by atoms with Crippen LogP contribution in [0, 0.1) is 0 Å². The molecule has 0 saturated heterocycles. The van der Waals surface area contributed by atoms with Crippen LogP contribution in [0.5, 0.6) is 0 Å². The van der Waals surface area contributed by atoms with Crippen LogP contribution < -0.4 is 10.9 Å². The number of aromatic nitrogens is 5. The monoisotopic (exact) mass is 542 g/mol. The molecule has 2 N–H and O–H groups in total. The van der Waals surface area contributed by atoms with Gasteiger partial charge in [-0.25, -0.2) is 9.67 Å². The smallest absolute Gasteiger partial charge is 0.348 e. The van der Waals surface area contributed by atoms with Gasteiger partial charge in [-0.15, -0.1) is 0 Å². The van der Waals surface area contributed by atoms with Gasteiger partial charge in [0.2, 0.25) is 0 Å². The van der Waals surface area contributed by atoms with Crippen molar-refractivity contribution in [2.24, 2.45) is 7.05 Å². The van der Waals surface area contributed by atoms with Crippen LogP contribution in [0.15, 0.2) is 89.9 Å². The first kappa shape index (κ1) is 25.1. The van der Waals surface area contributed by atoms with Crippen molar-refractivity contribution in [3.8, 4) is 16.9 Å². The number of carbonyl (C=O) groups is 1. The van der Waals surface area contributed by atoms with E-state index >= 15 is 0 Å². The topological polar surface area (TPSA) is 97.6 Å². The molecule has 3 aromatic heterocycles. The summed E-state index contributed by atoms with van der Waals surface area (Å²) in [4.78, 5) is 30.9. The Hall–Kier alpha value is -5.19. The third kappa shape index (κ3) is 4.41. The molecule has 3 heterocycles. The average Bonchev–Trinajstić information content (AvgIpc) is 3.51. The maximum atomic E-state index is 13.7. The maximum absolute atomic E-state index is 13.7. The number of nitrogens with zero attached hydrogens (tertiary/aromatic N) is 4. The van der Waals surface area contributed by atoms with Crippen molar-refractivity contribution in [3.05, 3.63) is 112 Å². The lowest BCUT2D eigenvalue weighted by molar-refractivity contribution is -0.137. The van der Waals surface area contributed by atoms with E-state index < -0.39 is 17.3 Å². The van der Waals surface area contributed by atoms with Crippen LogP contribution in [0.2, 0.25) is 0 Å². The number of amides is 1. The van der Waals surface area contributed by atoms with Gasteiger partial charge in [0.25, 0.3) is 11.5 Å². The van der Waals surface area contributed by atoms with E-state index in [9.17, 15) is 22.8 Å². The van der Waals surface area contributed by atoms with Crippen molar-refractivity contribution < 1.29 is 18.0 Å². The van der Waals surface area contributed by atoms with Gasteiger partial charge in [-0.2, -0.15) is 18.3 Å². The Morgan fingerprint density at radius 1 is 1.00 bits per heavy atom. The van der Waals surface area contributed by atoms with E-state index in [1.165, 1.54) is 21.5 Å². The lowest BCUT2D eigenvalue weighted by Gasteiger charge is -2.09. The highest BCUT2D eigenvalue weighted by Gasteiger charge is 2.31. The number of halogens is 3. The summed E-state index contributed by atoms with van der Waals surface area (Å²) in [5.41, 5.74) is 1.51. The van der Waals surface area contributed by atoms with Gasteiger partial charge < -0.3 is 5.32 Å². The van der Waals surface area contributed by atoms with Crippen molar-refractivity contribution in [1.29, 1.82) is 0 Å². The van der Waals surface area contributed by atoms with Crippen LogP contribution in [-0.2, 0) is 19.8 Å². The van der Waals surface area contributed by atoms with E-state index in [0.29, 0.717) is 34.3 Å². The van der Waals surface area contributed by atoms with Gasteiger partial charge in [-0.1, -0.05) is 42.5 Å². The summed E-state index contributed by atoms with van der Waals surface area (Å²) in [5, 5.41) is 10.8. The highest BCUT2D eigenvalue weighted by atomic mass is 19.4. The molecule has 40 heavy (non-hydrogen) atoms. The first-order valence-corrected chi connectivity index (χ1v) is 12.3. The molecule has 0 bridgehead atoms. The number of aromatic amines is 1. The molecule has 0 unspecified atom stereocenters. The maximum Gasteiger partial charge on any atom is 0.416 e. The number of hydrogen-bond donors (Lipinski definition) is 2. The van der Waals surface area contributed by atoms with Gasteiger partial charge in [0.05, 0.1) is 39.4 Å². The number of rotatable bonds is 5. The molecule has 0 aliphatic rings. The summed E-state index contributed by atoms with van der Waals surface area (Å²) in [5.74, 6) is -0.271. The number of carbonyl (C=O) groups excluding carboxylic acids is 1. The third-order valence-electron chi connectivity index (χ3n) is 6.67. The molecule has 0 aliphatic heterocycles. The summed E-state index contributed by atoms with van der Waals surface area (Å²) in [6.07, 6.45) is -3.01. The van der Waals surface area contributed by atoms with Gasteiger partial charge in [0.15, 0.2) is 5.65 Å². The quantitative estimate of drug-likeness (QED) is 0.312. The van der Waals surface area contributed by atoms with Crippen molar-refractivity contribution >= 4 is 27.8 Å². The highest BCUT2D eigenvalue weighted by Crippen LogP contribution is 2.34. The van der Waals surface area contributed by atoms with E-state index in [-0.39, 0.29) is 22.6 Å². The summed E-state index contributed by atoms with van der Waals surface area (Å²) in [6.45, 7) is 0.370. The zero-order chi connectivity index (χ0) is 28.0. The second-order valence-corrected chi connectivity index (χ2v) is 9.26. The van der Waals surface area contributed by atoms with Crippen LogP contribution in [0.1, 0.15) is 21.5 Å². The fraction of sp³-hybridized carbons (Fsp3) is 0.103. The molecular weight excluding hydrogens is 521 g/mol. The van der Waals surface area contributed by atoms with Gasteiger partial charge in [0.1, 0.15) is 0 Å². The molecule has 0 radical (unpaired) electrons. The zero-order valence-electron chi connectivity index (χ0n) is 21.0. The lowest BCUT2D eigenvalue weighted by atomic mass is 10.0. The molecule has 11 heteroatoms. The largest absolute Gasteiger partial charge is 0.416 e. The second kappa shape index (κ2) is 9.53. The van der Waals surface area contributed by atoms with Crippen LogP contribution in [0.3, 0.4) is 0 Å². The molecule has 0 atom stereocenters. The molecule has 3 aromatic carbocycles. The minimum Gasteiger partial charge on any atom is -0.348 e. The predicted octanol–water partition coefficient (Wildman–Crippen LogP) is 5.22. The molecule has 6 rings (SSSR count). The minimum absolute atomic E-state index is 0.106. The van der Waals surface area contributed by atoms with Gasteiger partial charge in [-0.05, 0) is 42.0 Å². The van der Waals surface area contributed by atoms with Crippen molar-refractivity contribution in [2.75, 3.05) is 0 Å². The van der Waals surface area contributed by atoms with Crippen LogP contribution in [0.4, 0.5) is 13.2 Å². The standard InChI is InChI=1S/C29H21F3N6O2/c1-37-26-22(16-34-37)25-23(24(35-26)19-8-5-9-20(14-19)29(30,31)32)28(40)38(36-25)21-12-10-18(11-13-21)27(39)33-15-17-6-3-2-4-7-17/h2-14,16,36H,15H2,1H3,(H,33,39). The molecule has 0 aliphatic carbocycles. The first-order valence-electron chi connectivity index (χ1n) is 12.3. The predicted molar refractivity (Wildman–Crippen MR) is 144 cm³/mol. The lowest BCUT2D eigenvalue weighted by Crippen LogP contribution is -2.23. The number of benzene rings is 3. The Labute approximate surface area is 224 Å². The number of aryl methyl sites for hydroxylation is 1. The number of nitrogens with one attached hydrogen (secondary N) is 2. The molecular formula is C29H21F3N6O2. The number of alkyl halides is 3. The number of H-pyrrole nitrogens is 1. The van der Waals surface area contributed by atoms with Gasteiger partial charge in [-0.3, -0.25) is 19.4 Å². The molecule has 200 valence electrons. The third-order valence-corrected chi connectivity index (χ3v) is 6.67. The van der Waals surface area contributed by atoms with Crippen LogP contribution in [0.25, 0.3) is 38.9 Å². The minimum atomic E-state index is -4.56. The van der Waals surface area contributed by atoms with E-state index in [4.69, 9.17) is 0 Å². The fourth-order valence-corrected chi connectivity index (χ4v) is 4.63. The van der Waals surface area contributed by atoms with Crippen molar-refractivity contribution in [1.82, 2.24) is 29.9 Å². The Morgan fingerprint density at radius 3 is 2.48 bits per heavy atom. The van der Waals surface area contributed by atoms with Crippen LogP contribution in [-0.4, -0.2) is 30.5 Å². The molecule has 0 spiro atoms. The number of pyridine rings is 1. The molecule has 8 nitrogen and oxygen atoms in total. The van der Waals surface area contributed by atoms with Crippen LogP contribution >= 0.6 is 0 Å². The van der Waals surface area contributed by atoms with Gasteiger partial charge >= 0.3 is 6.18 Å². The average molecular weight is 543 g/mol. The number of fused-ring (bicyclic) bond motifs is 3. The van der Waals surface area contributed by atoms with E-state index in [0.717, 1.165) is 17.7 Å². The van der Waals surface area contributed by atoms with Gasteiger partial charge in [0, 0.05) is 24.7 Å². The Bertz CT molecular complexity index is 1940. The summed E-state index contributed by atoms with van der Waals surface area (Å²) >= 11 is 0. The van der Waals surface area contributed by atoms with Crippen molar-refractivity contribution in [2.45, 2.75) is 12.7 Å². The van der Waals surface area contributed by atoms with Crippen molar-refractivity contribution in [3.63, 3.8) is 0 Å². The zero-order valence-corrected chi connectivity index (χ0v) is 21.0. The summed E-state index contributed by atoms with van der Waals surface area (Å²) < 4.78 is 43.1. The Balaban J connectivity index is 1.42. The SMILES string of the molecule is Cn1ncc2c3[nH]n(-c4ccc(C(=O)NCc5ccccc5)cc4)c(=O)c3c(-c3cccc(C(F)(F)F)c3)nc21. The normalized spacial score (nSPS) is 11.8. The second-order valence-electron chi connectivity index (χ2n) is 9.26. The highest BCUT2D eigenvalue weighted by molar-refractivity contribution is 6.07. The molecule has 0 fully saturated rings. The van der Waals surface area contributed by atoms with E-state index in [2.05, 4.69) is 20.5 Å². The first-order chi connectivity index (χ1) is 19.2. The fourth-order valence-electron chi connectivity index (χ4n) is 4.63. The molecule has 6 aromatic rings. The Kier molecular flexibility index (Phi) is 5.98.